The molecule has 0 saturated carbocycles. The van der Waals surface area contributed by atoms with Gasteiger partial charge < -0.3 is 11.1 Å². The van der Waals surface area contributed by atoms with Crippen LogP contribution in [0.1, 0.15) is 16.1 Å². The third-order valence-electron chi connectivity index (χ3n) is 3.40. The number of aromatic nitrogens is 2. The number of carbonyl (C=O) groups excluding carboxylic acids is 1. The van der Waals surface area contributed by atoms with Gasteiger partial charge in [0.25, 0.3) is 5.91 Å². The van der Waals surface area contributed by atoms with E-state index in [4.69, 9.17) is 28.9 Å². The van der Waals surface area contributed by atoms with Crippen LogP contribution in [0.25, 0.3) is 5.69 Å². The predicted octanol–water partition coefficient (Wildman–Crippen LogP) is 3.89. The van der Waals surface area contributed by atoms with Crippen LogP contribution in [0, 0.1) is 11.3 Å². The molecule has 0 aliphatic heterocycles. The van der Waals surface area contributed by atoms with Gasteiger partial charge in [-0.2, -0.15) is 10.4 Å². The van der Waals surface area contributed by atoms with E-state index in [9.17, 15) is 10.1 Å². The number of nitrogens with two attached hydrogens (primary N) is 1. The van der Waals surface area contributed by atoms with Gasteiger partial charge in [0.15, 0.2) is 5.69 Å². The number of amides is 1. The van der Waals surface area contributed by atoms with Gasteiger partial charge >= 0.3 is 0 Å². The Morgan fingerprint density at radius 1 is 1.16 bits per heavy atom. The molecule has 0 aliphatic rings. The van der Waals surface area contributed by atoms with E-state index < -0.39 is 5.91 Å². The molecule has 0 unspecified atom stereocenters. The summed E-state index contributed by atoms with van der Waals surface area (Å²) < 4.78 is 1.31. The number of halogens is 2. The second-order valence-electron chi connectivity index (χ2n) is 5.07. The van der Waals surface area contributed by atoms with Gasteiger partial charge in [0, 0.05) is 15.7 Å². The molecule has 8 heteroatoms. The molecule has 25 heavy (non-hydrogen) atoms. The largest absolute Gasteiger partial charge is 0.382 e. The number of nitrogen functional groups attached to an aromatic ring is 1. The van der Waals surface area contributed by atoms with Gasteiger partial charge in [0.1, 0.15) is 17.5 Å². The molecule has 1 aromatic heterocycles. The Kier molecular flexibility index (Phi) is 4.61. The van der Waals surface area contributed by atoms with Gasteiger partial charge in [-0.05, 0) is 42.5 Å². The Hall–Kier alpha value is -3.01. The van der Waals surface area contributed by atoms with Crippen LogP contribution < -0.4 is 11.1 Å². The van der Waals surface area contributed by atoms with Crippen molar-refractivity contribution in [3.63, 3.8) is 0 Å². The van der Waals surface area contributed by atoms with Crippen LogP contribution in [0.15, 0.2) is 48.5 Å². The van der Waals surface area contributed by atoms with Gasteiger partial charge in [0.05, 0.1) is 5.69 Å². The fourth-order valence-corrected chi connectivity index (χ4v) is 2.54. The number of rotatable bonds is 3. The molecule has 0 radical (unpaired) electrons. The Labute approximate surface area is 153 Å². The minimum absolute atomic E-state index is 0.00793. The fraction of sp³-hybridized carbons (Fsp3) is 0. The summed E-state index contributed by atoms with van der Waals surface area (Å²) in [4.78, 5) is 12.5. The Balaban J connectivity index is 1.99. The Morgan fingerprint density at radius 3 is 2.52 bits per heavy atom. The lowest BCUT2D eigenvalue weighted by Gasteiger charge is -2.04. The summed E-state index contributed by atoms with van der Waals surface area (Å²) in [7, 11) is 0. The van der Waals surface area contributed by atoms with Crippen LogP contribution in [0.5, 0.6) is 0 Å². The maximum atomic E-state index is 12.5. The molecule has 0 atom stereocenters. The van der Waals surface area contributed by atoms with E-state index in [2.05, 4.69) is 10.4 Å². The minimum atomic E-state index is -0.550. The molecule has 3 N–H and O–H groups in total. The molecular formula is C17H11Cl2N5O. The fourth-order valence-electron chi connectivity index (χ4n) is 2.23. The zero-order valence-corrected chi connectivity index (χ0v) is 14.2. The zero-order chi connectivity index (χ0) is 18.0. The molecule has 0 spiro atoms. The van der Waals surface area contributed by atoms with E-state index in [1.54, 1.807) is 48.5 Å². The Bertz CT molecular complexity index is 989. The number of nitrogens with one attached hydrogen (secondary N) is 1. The molecule has 3 aromatic rings. The van der Waals surface area contributed by atoms with Crippen LogP contribution in [-0.4, -0.2) is 15.7 Å². The zero-order valence-electron chi connectivity index (χ0n) is 12.7. The average Bonchev–Trinajstić information content (AvgIpc) is 2.93. The SMILES string of the molecule is N#Cc1c(C(=O)Nc2ccc(Cl)cc2)nn(-c2cccc(Cl)c2)c1N. The first-order valence-electron chi connectivity index (χ1n) is 7.11. The standard InChI is InChI=1S/C17H11Cl2N5O/c18-10-4-6-12(7-5-10)22-17(25)15-14(9-20)16(21)24(23-15)13-3-1-2-11(19)8-13/h1-8H,21H2,(H,22,25). The van der Waals surface area contributed by atoms with E-state index >= 15 is 0 Å². The molecule has 0 saturated heterocycles. The van der Waals surface area contributed by atoms with E-state index in [0.717, 1.165) is 0 Å². The van der Waals surface area contributed by atoms with Crippen molar-refractivity contribution < 1.29 is 4.79 Å². The molecule has 0 fully saturated rings. The molecule has 1 heterocycles. The smallest absolute Gasteiger partial charge is 0.277 e. The van der Waals surface area contributed by atoms with Crippen molar-refractivity contribution in [3.05, 3.63) is 69.8 Å². The summed E-state index contributed by atoms with van der Waals surface area (Å²) in [5.74, 6) is -0.489. The van der Waals surface area contributed by atoms with E-state index in [0.29, 0.717) is 21.4 Å². The monoisotopic (exact) mass is 371 g/mol. The number of anilines is 2. The van der Waals surface area contributed by atoms with Crippen molar-refractivity contribution in [1.29, 1.82) is 5.26 Å². The number of nitriles is 1. The first-order valence-corrected chi connectivity index (χ1v) is 7.86. The first kappa shape index (κ1) is 16.8. The maximum Gasteiger partial charge on any atom is 0.277 e. The molecule has 6 nitrogen and oxygen atoms in total. The van der Waals surface area contributed by atoms with Crippen LogP contribution >= 0.6 is 23.2 Å². The molecule has 124 valence electrons. The average molecular weight is 372 g/mol. The van der Waals surface area contributed by atoms with E-state index in [-0.39, 0.29) is 17.1 Å². The van der Waals surface area contributed by atoms with E-state index in [1.165, 1.54) is 4.68 Å². The number of benzene rings is 2. The van der Waals surface area contributed by atoms with Gasteiger partial charge in [-0.25, -0.2) is 4.68 Å². The lowest BCUT2D eigenvalue weighted by Crippen LogP contribution is -2.14. The van der Waals surface area contributed by atoms with Crippen molar-refractivity contribution >= 4 is 40.6 Å². The molecular weight excluding hydrogens is 361 g/mol. The first-order chi connectivity index (χ1) is 12.0. The highest BCUT2D eigenvalue weighted by Gasteiger charge is 2.22. The van der Waals surface area contributed by atoms with Gasteiger partial charge in [-0.15, -0.1) is 0 Å². The minimum Gasteiger partial charge on any atom is -0.382 e. The van der Waals surface area contributed by atoms with Gasteiger partial charge in [0.2, 0.25) is 0 Å². The molecule has 0 bridgehead atoms. The van der Waals surface area contributed by atoms with Crippen molar-refractivity contribution in [2.24, 2.45) is 0 Å². The van der Waals surface area contributed by atoms with Crippen LogP contribution in [-0.2, 0) is 0 Å². The third kappa shape index (κ3) is 3.43. The number of hydrogen-bond acceptors (Lipinski definition) is 4. The normalized spacial score (nSPS) is 10.3. The quantitative estimate of drug-likeness (QED) is 0.729. The lowest BCUT2D eigenvalue weighted by molar-refractivity contribution is 0.102. The summed E-state index contributed by atoms with van der Waals surface area (Å²) in [5, 5.41) is 17.2. The summed E-state index contributed by atoms with van der Waals surface area (Å²) >= 11 is 11.8. The number of carbonyl (C=O) groups is 1. The highest BCUT2D eigenvalue weighted by molar-refractivity contribution is 6.31. The molecule has 1 amide bonds. The lowest BCUT2D eigenvalue weighted by atomic mass is 10.2. The second kappa shape index (κ2) is 6.85. The highest BCUT2D eigenvalue weighted by Crippen LogP contribution is 2.23. The molecule has 2 aromatic carbocycles. The number of nitrogens with zero attached hydrogens (tertiary/aromatic N) is 3. The van der Waals surface area contributed by atoms with Gasteiger partial charge in [-0.1, -0.05) is 29.3 Å². The highest BCUT2D eigenvalue weighted by atomic mass is 35.5. The van der Waals surface area contributed by atoms with Crippen LogP contribution in [0.2, 0.25) is 10.0 Å². The number of hydrogen-bond donors (Lipinski definition) is 2. The van der Waals surface area contributed by atoms with Crippen molar-refractivity contribution in [3.8, 4) is 11.8 Å². The third-order valence-corrected chi connectivity index (χ3v) is 3.89. The summed E-state index contributed by atoms with van der Waals surface area (Å²) in [5.41, 5.74) is 6.97. The molecule has 3 rings (SSSR count). The van der Waals surface area contributed by atoms with Crippen LogP contribution in [0.4, 0.5) is 11.5 Å². The predicted molar refractivity (Wildman–Crippen MR) is 97.1 cm³/mol. The summed E-state index contributed by atoms with van der Waals surface area (Å²) in [6.45, 7) is 0. The van der Waals surface area contributed by atoms with Crippen molar-refractivity contribution in [1.82, 2.24) is 9.78 Å². The second-order valence-corrected chi connectivity index (χ2v) is 5.95. The summed E-state index contributed by atoms with van der Waals surface area (Å²) in [6.07, 6.45) is 0. The van der Waals surface area contributed by atoms with Gasteiger partial charge in [-0.3, -0.25) is 4.79 Å². The van der Waals surface area contributed by atoms with Crippen LogP contribution in [0.3, 0.4) is 0 Å². The summed E-state index contributed by atoms with van der Waals surface area (Å²) in [6, 6.07) is 15.3. The Morgan fingerprint density at radius 2 is 1.88 bits per heavy atom. The van der Waals surface area contributed by atoms with Crippen molar-refractivity contribution in [2.45, 2.75) is 0 Å². The molecule has 0 aliphatic carbocycles. The maximum absolute atomic E-state index is 12.5. The van der Waals surface area contributed by atoms with Crippen molar-refractivity contribution in [2.75, 3.05) is 11.1 Å². The van der Waals surface area contributed by atoms with E-state index in [1.807, 2.05) is 6.07 Å². The topological polar surface area (TPSA) is 96.7 Å².